The average molecular weight is 929 g/mol. The van der Waals surface area contributed by atoms with Gasteiger partial charge < -0.3 is 82.5 Å². The lowest BCUT2D eigenvalue weighted by molar-refractivity contribution is -0.129. The van der Waals surface area contributed by atoms with E-state index >= 15 is 0 Å². The molecule has 0 radical (unpaired) electrons. The summed E-state index contributed by atoms with van der Waals surface area (Å²) in [5.74, 6) is -2.65. The SMILES string of the molecule is CC(=O)NCC(CN)C(N)O.CC(=O)NCC(N)C(N)O.CC(C)C[C@H](NC(=O)[C@H](Cc1ccc(O)cc1)NNC(CNC=O)C(N)=O)C(N)=O.CC(N)=O.Cc1ccccc1.NC=O.[HH]. The topological polar surface area (TPSA) is 478 Å². The number of hydrogen-bond acceptors (Lipinski definition) is 17. The normalized spacial score (nSPS) is 13.0. The number of phenols is 1. The Labute approximate surface area is 381 Å². The molecule has 5 unspecified atom stereocenters. The number of amides is 8. The summed E-state index contributed by atoms with van der Waals surface area (Å²) in [5.41, 5.74) is 47.4. The van der Waals surface area contributed by atoms with Crippen molar-refractivity contribution in [3.8, 4) is 5.75 Å². The minimum Gasteiger partial charge on any atom is -0.508 e. The number of nitrogens with two attached hydrogens (primary N) is 8. The summed E-state index contributed by atoms with van der Waals surface area (Å²) in [5, 5.41) is 36.8. The number of rotatable bonds is 21. The van der Waals surface area contributed by atoms with Crippen molar-refractivity contribution in [3.63, 3.8) is 0 Å². The molecule has 7 atom stereocenters. The maximum atomic E-state index is 12.8. The van der Waals surface area contributed by atoms with E-state index in [-0.39, 0.29) is 69.2 Å². The van der Waals surface area contributed by atoms with Crippen LogP contribution in [-0.2, 0) is 44.8 Å². The minimum atomic E-state index is -1.08. The maximum absolute atomic E-state index is 12.8. The van der Waals surface area contributed by atoms with Gasteiger partial charge in [-0.15, -0.1) is 0 Å². The fraction of sp³-hybridized carbons (Fsp3) is 0.500. The van der Waals surface area contributed by atoms with Crippen LogP contribution in [0.2, 0.25) is 0 Å². The first-order valence-corrected chi connectivity index (χ1v) is 19.9. The number of primary amides is 4. The first kappa shape index (κ1) is 65.3. The van der Waals surface area contributed by atoms with Crippen molar-refractivity contribution in [2.75, 3.05) is 26.2 Å². The summed E-state index contributed by atoms with van der Waals surface area (Å²) in [6, 6.07) is 13.1. The van der Waals surface area contributed by atoms with Gasteiger partial charge >= 0.3 is 0 Å². The molecule has 0 saturated heterocycles. The van der Waals surface area contributed by atoms with Crippen LogP contribution in [0.15, 0.2) is 54.6 Å². The quantitative estimate of drug-likeness (QED) is 0.0315. The number of aromatic hydroxyl groups is 1. The Kier molecular flexibility index (Phi) is 40.6. The van der Waals surface area contributed by atoms with Crippen LogP contribution in [0.25, 0.3) is 0 Å². The van der Waals surface area contributed by atoms with Crippen LogP contribution in [0.5, 0.6) is 5.75 Å². The molecule has 25 nitrogen and oxygen atoms in total. The number of nitrogens with one attached hydrogen (secondary N) is 6. The highest BCUT2D eigenvalue weighted by Gasteiger charge is 2.26. The molecular weight excluding hydrogens is 853 g/mol. The van der Waals surface area contributed by atoms with E-state index in [4.69, 9.17) is 49.4 Å². The van der Waals surface area contributed by atoms with Crippen LogP contribution in [0, 0.1) is 18.8 Å². The van der Waals surface area contributed by atoms with Gasteiger partial charge in [-0.1, -0.05) is 61.9 Å². The number of hydrazine groups is 1. The number of carbonyl (C=O) groups is 8. The number of aliphatic hydroxyl groups excluding tert-OH is 2. The average Bonchev–Trinajstić information content (AvgIpc) is 3.20. The number of aliphatic hydroxyl groups is 2. The fourth-order valence-corrected chi connectivity index (χ4v) is 4.19. The van der Waals surface area contributed by atoms with Crippen LogP contribution in [0.1, 0.15) is 53.6 Å². The molecule has 372 valence electrons. The van der Waals surface area contributed by atoms with Crippen LogP contribution >= 0.6 is 0 Å². The van der Waals surface area contributed by atoms with Gasteiger partial charge in [-0.3, -0.25) is 38.4 Å². The molecule has 2 rings (SSSR count). The molecule has 0 heterocycles. The van der Waals surface area contributed by atoms with Crippen LogP contribution in [0.3, 0.4) is 0 Å². The number of carbonyl (C=O) groups excluding carboxylic acids is 8. The van der Waals surface area contributed by atoms with Crippen molar-refractivity contribution < 1.29 is 55.1 Å². The lowest BCUT2D eigenvalue weighted by Gasteiger charge is -2.25. The van der Waals surface area contributed by atoms with Crippen LogP contribution < -0.4 is 78.0 Å². The summed E-state index contributed by atoms with van der Waals surface area (Å²) in [7, 11) is 0. The van der Waals surface area contributed by atoms with Gasteiger partial charge in [0.05, 0.1) is 6.04 Å². The third-order valence-corrected chi connectivity index (χ3v) is 7.61. The Morgan fingerprint density at radius 2 is 1.18 bits per heavy atom. The van der Waals surface area contributed by atoms with E-state index < -0.39 is 54.3 Å². The van der Waals surface area contributed by atoms with E-state index in [0.29, 0.717) is 24.9 Å². The van der Waals surface area contributed by atoms with E-state index in [9.17, 15) is 38.7 Å². The van der Waals surface area contributed by atoms with Crippen molar-refractivity contribution in [3.05, 3.63) is 65.7 Å². The molecule has 0 bridgehead atoms. The van der Waals surface area contributed by atoms with Gasteiger partial charge in [-0.25, -0.2) is 10.9 Å². The van der Waals surface area contributed by atoms with Crippen molar-refractivity contribution in [2.24, 2.45) is 57.7 Å². The van der Waals surface area contributed by atoms with Gasteiger partial charge in [0, 0.05) is 54.3 Å². The second kappa shape index (κ2) is 40.5. The van der Waals surface area contributed by atoms with Crippen molar-refractivity contribution >= 4 is 48.3 Å². The Hall–Kier alpha value is -6.32. The van der Waals surface area contributed by atoms with E-state index in [1.807, 2.05) is 32.0 Å². The molecule has 0 aliphatic carbocycles. The predicted molar refractivity (Wildman–Crippen MR) is 246 cm³/mol. The van der Waals surface area contributed by atoms with E-state index in [1.54, 1.807) is 12.1 Å². The molecule has 25 heteroatoms. The summed E-state index contributed by atoms with van der Waals surface area (Å²) in [6.07, 6.45) is -0.840. The molecule has 0 fully saturated rings. The highest BCUT2D eigenvalue weighted by molar-refractivity contribution is 5.89. The second-order valence-electron chi connectivity index (χ2n) is 14.2. The molecule has 65 heavy (non-hydrogen) atoms. The Balaban J connectivity index is -0.000000280. The van der Waals surface area contributed by atoms with Crippen LogP contribution in [0.4, 0.5) is 0 Å². The van der Waals surface area contributed by atoms with E-state index in [0.717, 1.165) is 0 Å². The first-order chi connectivity index (χ1) is 30.3. The van der Waals surface area contributed by atoms with Crippen LogP contribution in [-0.4, -0.2) is 126 Å². The molecule has 0 aliphatic rings. The zero-order valence-electron chi connectivity index (χ0n) is 37.9. The highest BCUT2D eigenvalue weighted by Crippen LogP contribution is 2.12. The first-order valence-electron chi connectivity index (χ1n) is 19.9. The molecule has 25 N–H and O–H groups in total. The predicted octanol–water partition coefficient (Wildman–Crippen LogP) is -5.45. The molecule has 0 aromatic heterocycles. The third kappa shape index (κ3) is 42.7. The smallest absolute Gasteiger partial charge is 0.240 e. The highest BCUT2D eigenvalue weighted by atomic mass is 16.3. The molecule has 0 aliphatic heterocycles. The molecule has 0 saturated carbocycles. The second-order valence-corrected chi connectivity index (χ2v) is 14.2. The summed E-state index contributed by atoms with van der Waals surface area (Å²) < 4.78 is 0. The molecule has 0 spiro atoms. The number of hydrogen-bond donors (Lipinski definition) is 17. The minimum absolute atomic E-state index is 0. The Morgan fingerprint density at radius 1 is 0.723 bits per heavy atom. The third-order valence-electron chi connectivity index (χ3n) is 7.61. The van der Waals surface area contributed by atoms with E-state index in [1.165, 1.54) is 38.5 Å². The van der Waals surface area contributed by atoms with Gasteiger partial charge in [0.1, 0.15) is 36.3 Å². The van der Waals surface area contributed by atoms with Crippen molar-refractivity contribution in [2.45, 2.75) is 91.0 Å². The van der Waals surface area contributed by atoms with Crippen molar-refractivity contribution in [1.29, 1.82) is 0 Å². The fourth-order valence-electron chi connectivity index (χ4n) is 4.19. The number of aryl methyl sites for hydroxylation is 1. The Morgan fingerprint density at radius 3 is 1.54 bits per heavy atom. The monoisotopic (exact) mass is 929 g/mol. The van der Waals surface area contributed by atoms with Gasteiger partial charge in [0.25, 0.3) is 0 Å². The summed E-state index contributed by atoms with van der Waals surface area (Å²) in [6.45, 7) is 10.7. The molecule has 2 aromatic carbocycles. The molecule has 2 aromatic rings. The summed E-state index contributed by atoms with van der Waals surface area (Å²) >= 11 is 0. The lowest BCUT2D eigenvalue weighted by atomic mass is 10.0. The maximum Gasteiger partial charge on any atom is 0.240 e. The zero-order valence-corrected chi connectivity index (χ0v) is 37.9. The largest absolute Gasteiger partial charge is 0.508 e. The number of phenolic OH excluding ortho intramolecular Hbond substituents is 1. The molecule has 8 amide bonds. The van der Waals surface area contributed by atoms with Gasteiger partial charge in [0.15, 0.2) is 0 Å². The lowest BCUT2D eigenvalue weighted by Crippen LogP contribution is -2.60. The van der Waals surface area contributed by atoms with Gasteiger partial charge in [0.2, 0.25) is 48.3 Å². The Bertz CT molecular complexity index is 1630. The standard InChI is InChI=1S/C19H30N6O5.C7H8.C6H15N3O2.C5H13N3O2.C2H5NO.CH3NO.H2/c1-11(2)7-14(17(20)28)23-19(30)15(8-12-3-5-13(27)6-4-12)24-25-16(18(21)29)9-22-10-26;1-7-5-3-2-4-6-7;1-4(10)9-3-5(2-7)6(8)11;1-3(9)8-2-4(6)5(7)10;1-2(3)4;2-1-3;/h3-6,10-11,14-16,24-25,27H,7-9H2,1-2H3,(H2,20,28)(H2,21,29)(H,22,26)(H,23,30);2-6H,1H3;5-6,11H,2-3,7-8H2,1H3,(H,9,10);4-5,10H,2,6-7H2,1H3,(H,8,9);1H3,(H2,3,4);1H,(H2,2,3);1H/t14-,15-,16?;;;;;;/m0....../s1. The molecular formula is C40H76N14O11. The summed E-state index contributed by atoms with van der Waals surface area (Å²) in [4.78, 5) is 85.1. The number of benzene rings is 2. The van der Waals surface area contributed by atoms with Gasteiger partial charge in [-0.2, -0.15) is 0 Å². The van der Waals surface area contributed by atoms with Gasteiger partial charge in [-0.05, 0) is 43.4 Å². The zero-order chi connectivity index (χ0) is 51.1. The van der Waals surface area contributed by atoms with E-state index in [2.05, 4.69) is 62.6 Å². The van der Waals surface area contributed by atoms with Crippen molar-refractivity contribution in [1.82, 2.24) is 32.1 Å².